The average Bonchev–Trinajstić information content (AvgIpc) is 2.54. The lowest BCUT2D eigenvalue weighted by Crippen LogP contribution is -2.54. The lowest BCUT2D eigenvalue weighted by molar-refractivity contribution is -0.139. The van der Waals surface area contributed by atoms with Gasteiger partial charge in [-0.2, -0.15) is 4.31 Å². The number of carbonyl (C=O) groups excluding carboxylic acids is 1. The summed E-state index contributed by atoms with van der Waals surface area (Å²) in [6.07, 6.45) is 7.72. The Kier molecular flexibility index (Phi) is 6.85. The SMILES string of the molecule is CCCN(C[C@H]1CCCCO1)C(=O)[C@H]1CCCCN1S(C)(=O)=O. The normalized spacial score (nSPS) is 26.9. The number of amides is 1. The fourth-order valence-corrected chi connectivity index (χ4v) is 4.64. The van der Waals surface area contributed by atoms with Gasteiger partial charge in [0.15, 0.2) is 0 Å². The van der Waals surface area contributed by atoms with E-state index in [0.717, 1.165) is 45.1 Å². The van der Waals surface area contributed by atoms with Gasteiger partial charge < -0.3 is 9.64 Å². The first-order chi connectivity index (χ1) is 10.9. The van der Waals surface area contributed by atoms with Gasteiger partial charge >= 0.3 is 0 Å². The molecule has 6 nitrogen and oxygen atoms in total. The van der Waals surface area contributed by atoms with Crippen LogP contribution in [0.15, 0.2) is 0 Å². The molecule has 134 valence electrons. The van der Waals surface area contributed by atoms with E-state index >= 15 is 0 Å². The van der Waals surface area contributed by atoms with E-state index in [1.54, 1.807) is 0 Å². The summed E-state index contributed by atoms with van der Waals surface area (Å²) in [6, 6.07) is -0.533. The summed E-state index contributed by atoms with van der Waals surface area (Å²) in [4.78, 5) is 14.8. The lowest BCUT2D eigenvalue weighted by atomic mass is 10.0. The summed E-state index contributed by atoms with van der Waals surface area (Å²) >= 11 is 0. The zero-order valence-corrected chi connectivity index (χ0v) is 15.2. The predicted octanol–water partition coefficient (Wildman–Crippen LogP) is 1.61. The molecule has 2 atom stereocenters. The van der Waals surface area contributed by atoms with Gasteiger partial charge in [-0.15, -0.1) is 0 Å². The second-order valence-electron chi connectivity index (χ2n) is 6.66. The molecule has 0 N–H and O–H groups in total. The molecule has 0 aromatic carbocycles. The highest BCUT2D eigenvalue weighted by atomic mass is 32.2. The first-order valence-corrected chi connectivity index (χ1v) is 10.7. The third-order valence-corrected chi connectivity index (χ3v) is 5.96. The van der Waals surface area contributed by atoms with E-state index < -0.39 is 16.1 Å². The molecule has 23 heavy (non-hydrogen) atoms. The number of nitrogens with zero attached hydrogens (tertiary/aromatic N) is 2. The van der Waals surface area contributed by atoms with E-state index in [1.165, 1.54) is 10.6 Å². The van der Waals surface area contributed by atoms with E-state index in [4.69, 9.17) is 4.74 Å². The van der Waals surface area contributed by atoms with Crippen molar-refractivity contribution in [2.24, 2.45) is 0 Å². The highest BCUT2D eigenvalue weighted by Gasteiger charge is 2.37. The third kappa shape index (κ3) is 5.16. The minimum atomic E-state index is -3.35. The summed E-state index contributed by atoms with van der Waals surface area (Å²) < 4.78 is 31.2. The van der Waals surface area contributed by atoms with Gasteiger partial charge in [0.2, 0.25) is 15.9 Å². The fraction of sp³-hybridized carbons (Fsp3) is 0.938. The first kappa shape index (κ1) is 18.7. The molecule has 0 spiro atoms. The number of rotatable bonds is 6. The van der Waals surface area contributed by atoms with Crippen molar-refractivity contribution in [3.8, 4) is 0 Å². The Morgan fingerprint density at radius 2 is 1.96 bits per heavy atom. The second-order valence-corrected chi connectivity index (χ2v) is 8.59. The Bertz CT molecular complexity index is 488. The summed E-state index contributed by atoms with van der Waals surface area (Å²) in [7, 11) is -3.35. The summed E-state index contributed by atoms with van der Waals surface area (Å²) in [6.45, 7) is 4.50. The summed E-state index contributed by atoms with van der Waals surface area (Å²) in [5.74, 6) is -0.0499. The number of hydrogen-bond donors (Lipinski definition) is 0. The van der Waals surface area contributed by atoms with Crippen molar-refractivity contribution >= 4 is 15.9 Å². The molecule has 1 amide bonds. The number of carbonyl (C=O) groups is 1. The van der Waals surface area contributed by atoms with Crippen LogP contribution in [0.25, 0.3) is 0 Å². The van der Waals surface area contributed by atoms with Crippen LogP contribution in [0.5, 0.6) is 0 Å². The highest BCUT2D eigenvalue weighted by Crippen LogP contribution is 2.23. The number of ether oxygens (including phenoxy) is 1. The molecule has 0 bridgehead atoms. The van der Waals surface area contributed by atoms with Crippen molar-refractivity contribution in [2.45, 2.75) is 64.0 Å². The smallest absolute Gasteiger partial charge is 0.241 e. The molecule has 2 aliphatic rings. The van der Waals surface area contributed by atoms with Gasteiger partial charge in [0, 0.05) is 26.2 Å². The lowest BCUT2D eigenvalue weighted by Gasteiger charge is -2.37. The van der Waals surface area contributed by atoms with Crippen LogP contribution >= 0.6 is 0 Å². The van der Waals surface area contributed by atoms with Crippen LogP contribution in [0.1, 0.15) is 51.9 Å². The van der Waals surface area contributed by atoms with Crippen LogP contribution in [0.4, 0.5) is 0 Å². The molecule has 7 heteroatoms. The minimum Gasteiger partial charge on any atom is -0.376 e. The Morgan fingerprint density at radius 3 is 2.57 bits per heavy atom. The van der Waals surface area contributed by atoms with Gasteiger partial charge in [0.25, 0.3) is 0 Å². The fourth-order valence-electron chi connectivity index (χ4n) is 3.52. The minimum absolute atomic E-state index is 0.0499. The highest BCUT2D eigenvalue weighted by molar-refractivity contribution is 7.88. The van der Waals surface area contributed by atoms with Crippen LogP contribution in [0.2, 0.25) is 0 Å². The van der Waals surface area contributed by atoms with Crippen LogP contribution in [-0.4, -0.2) is 68.2 Å². The van der Waals surface area contributed by atoms with E-state index in [2.05, 4.69) is 0 Å². The van der Waals surface area contributed by atoms with Crippen molar-refractivity contribution in [3.63, 3.8) is 0 Å². The predicted molar refractivity (Wildman–Crippen MR) is 89.7 cm³/mol. The topological polar surface area (TPSA) is 66.9 Å². The molecule has 2 fully saturated rings. The van der Waals surface area contributed by atoms with Gasteiger partial charge in [-0.1, -0.05) is 13.3 Å². The number of hydrogen-bond acceptors (Lipinski definition) is 4. The third-order valence-electron chi connectivity index (χ3n) is 4.67. The van der Waals surface area contributed by atoms with Crippen LogP contribution in [0.3, 0.4) is 0 Å². The molecule has 0 aromatic heterocycles. The molecular weight excluding hydrogens is 316 g/mol. The largest absolute Gasteiger partial charge is 0.376 e. The first-order valence-electron chi connectivity index (χ1n) is 8.80. The molecule has 0 unspecified atom stereocenters. The van der Waals surface area contributed by atoms with E-state index in [-0.39, 0.29) is 12.0 Å². The molecule has 0 saturated carbocycles. The summed E-state index contributed by atoms with van der Waals surface area (Å²) in [5, 5.41) is 0. The van der Waals surface area contributed by atoms with Crippen LogP contribution in [0, 0.1) is 0 Å². The van der Waals surface area contributed by atoms with Crippen molar-refractivity contribution in [1.29, 1.82) is 0 Å². The van der Waals surface area contributed by atoms with Gasteiger partial charge in [0.1, 0.15) is 6.04 Å². The van der Waals surface area contributed by atoms with Crippen molar-refractivity contribution in [2.75, 3.05) is 32.5 Å². The molecular formula is C16H30N2O4S. The Hall–Kier alpha value is -0.660. The zero-order chi connectivity index (χ0) is 16.9. The van der Waals surface area contributed by atoms with Crippen molar-refractivity contribution in [3.05, 3.63) is 0 Å². The Morgan fingerprint density at radius 1 is 1.22 bits per heavy atom. The summed E-state index contributed by atoms with van der Waals surface area (Å²) in [5.41, 5.74) is 0. The molecule has 0 aromatic rings. The molecule has 0 radical (unpaired) electrons. The average molecular weight is 346 g/mol. The molecule has 2 aliphatic heterocycles. The Labute approximate surface area is 140 Å². The van der Waals surface area contributed by atoms with Crippen LogP contribution in [-0.2, 0) is 19.6 Å². The molecule has 2 heterocycles. The van der Waals surface area contributed by atoms with Gasteiger partial charge in [-0.25, -0.2) is 8.42 Å². The molecule has 0 aliphatic carbocycles. The van der Waals surface area contributed by atoms with Gasteiger partial charge in [-0.05, 0) is 38.5 Å². The van der Waals surface area contributed by atoms with Gasteiger partial charge in [0.05, 0.1) is 12.4 Å². The standard InChI is InChI=1S/C16H30N2O4S/c1-3-10-17(13-14-8-5-7-12-22-14)16(19)15-9-4-6-11-18(15)23(2,20)21/h14-15H,3-13H2,1-2H3/t14-,15-/m1/s1. The van der Waals surface area contributed by atoms with E-state index in [0.29, 0.717) is 26.1 Å². The maximum absolute atomic E-state index is 13.0. The molecule has 2 rings (SSSR count). The zero-order valence-electron chi connectivity index (χ0n) is 14.4. The van der Waals surface area contributed by atoms with E-state index in [9.17, 15) is 13.2 Å². The number of piperidine rings is 1. The quantitative estimate of drug-likeness (QED) is 0.733. The monoisotopic (exact) mass is 346 g/mol. The van der Waals surface area contributed by atoms with Crippen molar-refractivity contribution < 1.29 is 17.9 Å². The molecule has 2 saturated heterocycles. The Balaban J connectivity index is 2.08. The number of sulfonamides is 1. The second kappa shape index (κ2) is 8.44. The van der Waals surface area contributed by atoms with Crippen LogP contribution < -0.4 is 0 Å². The van der Waals surface area contributed by atoms with Gasteiger partial charge in [-0.3, -0.25) is 4.79 Å². The maximum Gasteiger partial charge on any atom is 0.241 e. The van der Waals surface area contributed by atoms with E-state index in [1.807, 2.05) is 11.8 Å². The van der Waals surface area contributed by atoms with Crippen molar-refractivity contribution in [1.82, 2.24) is 9.21 Å². The maximum atomic E-state index is 13.0.